The van der Waals surface area contributed by atoms with E-state index in [2.05, 4.69) is 4.98 Å². The van der Waals surface area contributed by atoms with E-state index >= 15 is 0 Å². The minimum Gasteiger partial charge on any atom is -0.330 e. The summed E-state index contributed by atoms with van der Waals surface area (Å²) in [6.07, 6.45) is 0.829. The summed E-state index contributed by atoms with van der Waals surface area (Å²) in [6.45, 7) is 2.57. The lowest BCUT2D eigenvalue weighted by molar-refractivity contribution is 0.679. The highest BCUT2D eigenvalue weighted by molar-refractivity contribution is 7.84. The maximum Gasteiger partial charge on any atom is 0.0897 e. The van der Waals surface area contributed by atoms with Gasteiger partial charge in [0.05, 0.1) is 16.5 Å². The number of hydrogen-bond donors (Lipinski definition) is 1. The summed E-state index contributed by atoms with van der Waals surface area (Å²) < 4.78 is 11.4. The van der Waals surface area contributed by atoms with Gasteiger partial charge < -0.3 is 5.73 Å². The summed E-state index contributed by atoms with van der Waals surface area (Å²) in [5.74, 6) is 1.26. The van der Waals surface area contributed by atoms with Gasteiger partial charge in [-0.3, -0.25) is 4.21 Å². The van der Waals surface area contributed by atoms with E-state index in [-0.39, 0.29) is 0 Å². The smallest absolute Gasteiger partial charge is 0.0897 e. The lowest BCUT2D eigenvalue weighted by Gasteiger charge is -1.97. The predicted molar refractivity (Wildman–Crippen MR) is 57.2 cm³/mol. The van der Waals surface area contributed by atoms with Crippen LogP contribution >= 0.6 is 11.3 Å². The Morgan fingerprint density at radius 1 is 1.69 bits per heavy atom. The molecular formula is C8H14N2OS2. The highest BCUT2D eigenvalue weighted by atomic mass is 32.2. The molecule has 0 aromatic carbocycles. The molecule has 2 N–H and O–H groups in total. The second kappa shape index (κ2) is 5.47. The van der Waals surface area contributed by atoms with Crippen LogP contribution in [0.2, 0.25) is 0 Å². The summed E-state index contributed by atoms with van der Waals surface area (Å²) in [6, 6.07) is 0. The molecule has 3 nitrogen and oxygen atoms in total. The van der Waals surface area contributed by atoms with Crippen LogP contribution in [0.5, 0.6) is 0 Å². The molecule has 13 heavy (non-hydrogen) atoms. The van der Waals surface area contributed by atoms with Crippen LogP contribution in [0, 0.1) is 6.92 Å². The molecule has 0 aliphatic heterocycles. The maximum atomic E-state index is 11.4. The van der Waals surface area contributed by atoms with Crippen LogP contribution < -0.4 is 5.73 Å². The topological polar surface area (TPSA) is 56.0 Å². The minimum atomic E-state index is -0.793. The Kier molecular flexibility index (Phi) is 4.55. The third-order valence-electron chi connectivity index (χ3n) is 1.55. The molecule has 0 aliphatic carbocycles. The molecule has 1 rings (SSSR count). The van der Waals surface area contributed by atoms with E-state index in [1.807, 2.05) is 12.3 Å². The molecule has 1 unspecified atom stereocenters. The molecular weight excluding hydrogens is 204 g/mol. The first kappa shape index (κ1) is 10.8. The third-order valence-corrected chi connectivity index (χ3v) is 3.74. The summed E-state index contributed by atoms with van der Waals surface area (Å²) >= 11 is 1.60. The molecule has 1 heterocycles. The summed E-state index contributed by atoms with van der Waals surface area (Å²) in [5, 5.41) is 3.00. The molecule has 0 bridgehead atoms. The van der Waals surface area contributed by atoms with Gasteiger partial charge in [-0.2, -0.15) is 0 Å². The van der Waals surface area contributed by atoms with Crippen molar-refractivity contribution in [1.29, 1.82) is 0 Å². The van der Waals surface area contributed by atoms with Gasteiger partial charge in [0.1, 0.15) is 0 Å². The van der Waals surface area contributed by atoms with Gasteiger partial charge >= 0.3 is 0 Å². The zero-order valence-corrected chi connectivity index (χ0v) is 9.29. The molecule has 0 radical (unpaired) electrons. The van der Waals surface area contributed by atoms with E-state index in [1.165, 1.54) is 0 Å². The molecule has 0 aliphatic rings. The molecule has 1 aromatic heterocycles. The quantitative estimate of drug-likeness (QED) is 0.803. The minimum absolute atomic E-state index is 0.574. The number of aryl methyl sites for hydroxylation is 1. The summed E-state index contributed by atoms with van der Waals surface area (Å²) in [7, 11) is -0.793. The Hall–Kier alpha value is -0.260. The highest BCUT2D eigenvalue weighted by Gasteiger charge is 2.03. The second-order valence-corrected chi connectivity index (χ2v) is 5.43. The van der Waals surface area contributed by atoms with Crippen molar-refractivity contribution in [2.45, 2.75) is 19.1 Å². The molecule has 0 saturated heterocycles. The van der Waals surface area contributed by atoms with E-state index in [9.17, 15) is 4.21 Å². The Balaban J connectivity index is 2.36. The Morgan fingerprint density at radius 3 is 3.00 bits per heavy atom. The summed E-state index contributed by atoms with van der Waals surface area (Å²) in [4.78, 5) is 4.25. The second-order valence-electron chi connectivity index (χ2n) is 2.79. The third kappa shape index (κ3) is 3.97. The molecule has 0 fully saturated rings. The number of nitrogens with two attached hydrogens (primary N) is 1. The average Bonchev–Trinajstić information content (AvgIpc) is 2.48. The number of aromatic nitrogens is 1. The van der Waals surface area contributed by atoms with Crippen LogP contribution in [-0.2, 0) is 16.6 Å². The van der Waals surface area contributed by atoms with Crippen molar-refractivity contribution in [3.05, 3.63) is 16.1 Å². The molecule has 1 atom stereocenters. The van der Waals surface area contributed by atoms with E-state index in [0.29, 0.717) is 18.1 Å². The average molecular weight is 218 g/mol. The normalized spacial score (nSPS) is 13.1. The lowest BCUT2D eigenvalue weighted by atomic mass is 10.5. The van der Waals surface area contributed by atoms with Gasteiger partial charge in [0.2, 0.25) is 0 Å². The molecule has 0 amide bonds. The van der Waals surface area contributed by atoms with Crippen LogP contribution in [0.15, 0.2) is 5.38 Å². The molecule has 74 valence electrons. The molecule has 0 saturated carbocycles. The largest absolute Gasteiger partial charge is 0.330 e. The number of nitrogens with zero attached hydrogens (tertiary/aromatic N) is 1. The van der Waals surface area contributed by atoms with Gasteiger partial charge in [0.25, 0.3) is 0 Å². The van der Waals surface area contributed by atoms with Crippen LogP contribution in [-0.4, -0.2) is 21.5 Å². The molecule has 0 spiro atoms. The fraction of sp³-hybridized carbons (Fsp3) is 0.625. The maximum absolute atomic E-state index is 11.4. The van der Waals surface area contributed by atoms with Crippen LogP contribution in [0.3, 0.4) is 0 Å². The van der Waals surface area contributed by atoms with E-state index in [0.717, 1.165) is 17.1 Å². The van der Waals surface area contributed by atoms with E-state index in [4.69, 9.17) is 5.73 Å². The van der Waals surface area contributed by atoms with Crippen LogP contribution in [0.25, 0.3) is 0 Å². The molecule has 1 aromatic rings. The highest BCUT2D eigenvalue weighted by Crippen LogP contribution is 2.09. The Labute approximate surface area is 84.8 Å². The van der Waals surface area contributed by atoms with Crippen molar-refractivity contribution in [2.24, 2.45) is 5.73 Å². The van der Waals surface area contributed by atoms with Crippen molar-refractivity contribution >= 4 is 22.1 Å². The van der Waals surface area contributed by atoms with Crippen molar-refractivity contribution in [3.8, 4) is 0 Å². The number of hydrogen-bond acceptors (Lipinski definition) is 4. The van der Waals surface area contributed by atoms with Gasteiger partial charge in [-0.15, -0.1) is 11.3 Å². The number of rotatable bonds is 5. The first-order chi connectivity index (χ1) is 6.22. The first-order valence-electron chi connectivity index (χ1n) is 4.18. The van der Waals surface area contributed by atoms with Crippen molar-refractivity contribution in [1.82, 2.24) is 4.98 Å². The Bertz CT molecular complexity index is 285. The standard InChI is InChI=1S/C8H14N2OS2/c1-7-10-8(5-12-7)6-13(11)4-2-3-9/h5H,2-4,6,9H2,1H3. The lowest BCUT2D eigenvalue weighted by Crippen LogP contribution is -2.07. The van der Waals surface area contributed by atoms with Crippen molar-refractivity contribution in [3.63, 3.8) is 0 Å². The van der Waals surface area contributed by atoms with Crippen LogP contribution in [0.1, 0.15) is 17.1 Å². The summed E-state index contributed by atoms with van der Waals surface area (Å²) in [5.41, 5.74) is 6.27. The SMILES string of the molecule is Cc1nc(CS(=O)CCCN)cs1. The fourth-order valence-corrected chi connectivity index (χ4v) is 2.78. The van der Waals surface area contributed by atoms with E-state index in [1.54, 1.807) is 11.3 Å². The molecule has 5 heteroatoms. The van der Waals surface area contributed by atoms with Crippen LogP contribution in [0.4, 0.5) is 0 Å². The van der Waals surface area contributed by atoms with Gasteiger partial charge in [-0.25, -0.2) is 4.98 Å². The van der Waals surface area contributed by atoms with Gasteiger partial charge in [-0.05, 0) is 19.9 Å². The zero-order valence-electron chi connectivity index (χ0n) is 7.66. The zero-order chi connectivity index (χ0) is 9.68. The number of thiazole rings is 1. The van der Waals surface area contributed by atoms with Gasteiger partial charge in [0, 0.05) is 21.9 Å². The van der Waals surface area contributed by atoms with Crippen molar-refractivity contribution in [2.75, 3.05) is 12.3 Å². The first-order valence-corrected chi connectivity index (χ1v) is 6.55. The van der Waals surface area contributed by atoms with E-state index < -0.39 is 10.8 Å². The fourth-order valence-electron chi connectivity index (χ4n) is 0.956. The van der Waals surface area contributed by atoms with Crippen molar-refractivity contribution < 1.29 is 4.21 Å². The van der Waals surface area contributed by atoms with Gasteiger partial charge in [-0.1, -0.05) is 0 Å². The Morgan fingerprint density at radius 2 is 2.46 bits per heavy atom. The van der Waals surface area contributed by atoms with Gasteiger partial charge in [0.15, 0.2) is 0 Å². The predicted octanol–water partition coefficient (Wildman–Crippen LogP) is 1.05. The monoisotopic (exact) mass is 218 g/mol.